The van der Waals surface area contributed by atoms with Crippen LogP contribution in [-0.4, -0.2) is 54.4 Å². The number of amides is 1. The molecule has 4 rings (SSSR count). The Bertz CT molecular complexity index is 985. The van der Waals surface area contributed by atoms with E-state index in [0.717, 1.165) is 17.1 Å². The maximum absolute atomic E-state index is 13.4. The number of aryl methyl sites for hydroxylation is 1. The fourth-order valence-corrected chi connectivity index (χ4v) is 5.53. The number of sulfonamides is 1. The molecule has 0 radical (unpaired) electrons. The predicted octanol–water partition coefficient (Wildman–Crippen LogP) is 0.664. The van der Waals surface area contributed by atoms with Crippen LogP contribution in [0.4, 0.5) is 5.69 Å². The third-order valence-electron chi connectivity index (χ3n) is 5.28. The number of fused-ring (bicyclic) bond motifs is 1. The van der Waals surface area contributed by atoms with Crippen molar-refractivity contribution >= 4 is 21.6 Å². The molecular weight excluding hydrogens is 366 g/mol. The first-order valence-corrected chi connectivity index (χ1v) is 10.4. The van der Waals surface area contributed by atoms with Crippen molar-refractivity contribution in [1.82, 2.24) is 19.2 Å². The van der Waals surface area contributed by atoms with Gasteiger partial charge in [-0.05, 0) is 30.2 Å². The summed E-state index contributed by atoms with van der Waals surface area (Å²) in [5, 5.41) is 3.26. The van der Waals surface area contributed by atoms with E-state index in [2.05, 4.69) is 10.3 Å². The fourth-order valence-electron chi connectivity index (χ4n) is 3.89. The first-order chi connectivity index (χ1) is 12.9. The molecule has 0 aliphatic carbocycles. The molecule has 1 amide bonds. The van der Waals surface area contributed by atoms with Crippen LogP contribution in [0.1, 0.15) is 24.4 Å². The molecule has 8 nitrogen and oxygen atoms in total. The Kier molecular flexibility index (Phi) is 4.53. The number of aromatic nitrogens is 2. The van der Waals surface area contributed by atoms with Gasteiger partial charge >= 0.3 is 0 Å². The minimum Gasteiger partial charge on any atom is -0.337 e. The van der Waals surface area contributed by atoms with E-state index in [1.165, 1.54) is 11.2 Å². The third kappa shape index (κ3) is 3.05. The van der Waals surface area contributed by atoms with Gasteiger partial charge in [0, 0.05) is 58.2 Å². The van der Waals surface area contributed by atoms with Crippen molar-refractivity contribution in [3.05, 3.63) is 42.0 Å². The van der Waals surface area contributed by atoms with Gasteiger partial charge in [0.25, 0.3) is 0 Å². The average molecular weight is 389 g/mol. The van der Waals surface area contributed by atoms with E-state index >= 15 is 0 Å². The van der Waals surface area contributed by atoms with Crippen LogP contribution in [-0.2, 0) is 28.3 Å². The molecule has 2 aliphatic rings. The van der Waals surface area contributed by atoms with Crippen molar-refractivity contribution in [3.63, 3.8) is 0 Å². The predicted molar refractivity (Wildman–Crippen MR) is 101 cm³/mol. The number of hydrogen-bond donors (Lipinski definition) is 1. The Labute approximate surface area is 158 Å². The van der Waals surface area contributed by atoms with Gasteiger partial charge in [0.2, 0.25) is 15.9 Å². The molecule has 1 N–H and O–H groups in total. The molecule has 1 saturated heterocycles. The van der Waals surface area contributed by atoms with E-state index in [1.54, 1.807) is 29.3 Å². The Morgan fingerprint density at radius 3 is 2.81 bits per heavy atom. The van der Waals surface area contributed by atoms with Gasteiger partial charge in [-0.15, -0.1) is 0 Å². The minimum absolute atomic E-state index is 0.0266. The number of hydrogen-bond acceptors (Lipinski definition) is 5. The van der Waals surface area contributed by atoms with Crippen LogP contribution in [0.25, 0.3) is 0 Å². The van der Waals surface area contributed by atoms with Crippen molar-refractivity contribution in [2.75, 3.05) is 31.1 Å². The van der Waals surface area contributed by atoms with Crippen molar-refractivity contribution in [1.29, 1.82) is 0 Å². The molecule has 1 unspecified atom stereocenters. The number of benzene rings is 1. The summed E-state index contributed by atoms with van der Waals surface area (Å²) in [6.07, 6.45) is 4.17. The van der Waals surface area contributed by atoms with Crippen LogP contribution in [0.5, 0.6) is 0 Å². The number of imidazole rings is 1. The monoisotopic (exact) mass is 389 g/mol. The lowest BCUT2D eigenvalue weighted by Gasteiger charge is -2.34. The number of carbonyl (C=O) groups excluding carboxylic acids is 1. The van der Waals surface area contributed by atoms with Crippen LogP contribution in [0.2, 0.25) is 0 Å². The number of nitrogens with one attached hydrogen (secondary N) is 1. The Hall–Kier alpha value is -2.23. The molecule has 2 aliphatic heterocycles. The van der Waals surface area contributed by atoms with Crippen LogP contribution in [0.15, 0.2) is 35.5 Å². The van der Waals surface area contributed by atoms with Gasteiger partial charge in [0.1, 0.15) is 5.82 Å². The number of rotatable bonds is 3. The summed E-state index contributed by atoms with van der Waals surface area (Å²) in [4.78, 5) is 18.0. The van der Waals surface area contributed by atoms with E-state index in [9.17, 15) is 13.2 Å². The van der Waals surface area contributed by atoms with Gasteiger partial charge in [-0.3, -0.25) is 4.79 Å². The standard InChI is InChI=1S/C18H23N5O3S/c1-13(24)22-8-5-14-11-15(3-4-16(14)22)27(25,26)23-10-6-19-12-17(23)18-20-7-9-21(18)2/h3-4,7,9,11,17,19H,5-6,8,10,12H2,1-2H3. The molecule has 9 heteroatoms. The molecule has 144 valence electrons. The van der Waals surface area contributed by atoms with Gasteiger partial charge in [-0.2, -0.15) is 4.31 Å². The molecule has 27 heavy (non-hydrogen) atoms. The second-order valence-corrected chi connectivity index (χ2v) is 8.83. The summed E-state index contributed by atoms with van der Waals surface area (Å²) in [7, 11) is -1.81. The van der Waals surface area contributed by atoms with Crippen molar-refractivity contribution in [2.24, 2.45) is 7.05 Å². The fraction of sp³-hybridized carbons (Fsp3) is 0.444. The molecule has 1 fully saturated rings. The van der Waals surface area contributed by atoms with Gasteiger partial charge < -0.3 is 14.8 Å². The zero-order valence-electron chi connectivity index (χ0n) is 15.4. The van der Waals surface area contributed by atoms with Crippen LogP contribution >= 0.6 is 0 Å². The summed E-state index contributed by atoms with van der Waals surface area (Å²) >= 11 is 0. The lowest BCUT2D eigenvalue weighted by Crippen LogP contribution is -2.49. The summed E-state index contributed by atoms with van der Waals surface area (Å²) in [5.74, 6) is 0.691. The molecule has 1 aromatic carbocycles. The topological polar surface area (TPSA) is 87.5 Å². The van der Waals surface area contributed by atoms with Gasteiger partial charge in [0.05, 0.1) is 10.9 Å². The van der Waals surface area contributed by atoms with Crippen LogP contribution < -0.4 is 10.2 Å². The van der Waals surface area contributed by atoms with Crippen molar-refractivity contribution in [2.45, 2.75) is 24.3 Å². The molecule has 2 aromatic rings. The molecule has 1 aromatic heterocycles. The van der Waals surface area contributed by atoms with Gasteiger partial charge in [0.15, 0.2) is 0 Å². The quantitative estimate of drug-likeness (QED) is 0.834. The first kappa shape index (κ1) is 18.1. The summed E-state index contributed by atoms with van der Waals surface area (Å²) < 4.78 is 30.2. The van der Waals surface area contributed by atoms with E-state index in [-0.39, 0.29) is 16.8 Å². The minimum atomic E-state index is -3.68. The Morgan fingerprint density at radius 1 is 1.30 bits per heavy atom. The van der Waals surface area contributed by atoms with Gasteiger partial charge in [-0.1, -0.05) is 0 Å². The van der Waals surface area contributed by atoms with Crippen LogP contribution in [0, 0.1) is 0 Å². The second kappa shape index (κ2) is 6.74. The molecule has 1 atom stereocenters. The smallest absolute Gasteiger partial charge is 0.243 e. The number of nitrogens with zero attached hydrogens (tertiary/aromatic N) is 4. The van der Waals surface area contributed by atoms with E-state index in [4.69, 9.17) is 0 Å². The van der Waals surface area contributed by atoms with Crippen molar-refractivity contribution < 1.29 is 13.2 Å². The Morgan fingerprint density at radius 2 is 2.11 bits per heavy atom. The number of carbonyl (C=O) groups is 1. The highest BCUT2D eigenvalue weighted by atomic mass is 32.2. The Balaban J connectivity index is 1.70. The molecular formula is C18H23N5O3S. The van der Waals surface area contributed by atoms with Gasteiger partial charge in [-0.25, -0.2) is 13.4 Å². The average Bonchev–Trinajstić information content (AvgIpc) is 3.27. The van der Waals surface area contributed by atoms with E-state index in [0.29, 0.717) is 32.6 Å². The molecule has 3 heterocycles. The maximum atomic E-state index is 13.4. The van der Waals surface area contributed by atoms with E-state index < -0.39 is 10.0 Å². The first-order valence-electron chi connectivity index (χ1n) is 9.00. The highest BCUT2D eigenvalue weighted by molar-refractivity contribution is 7.89. The third-order valence-corrected chi connectivity index (χ3v) is 7.19. The van der Waals surface area contributed by atoms with Crippen molar-refractivity contribution in [3.8, 4) is 0 Å². The number of piperazine rings is 1. The highest BCUT2D eigenvalue weighted by Crippen LogP contribution is 2.33. The summed E-state index contributed by atoms with van der Waals surface area (Å²) in [6, 6.07) is 4.71. The zero-order chi connectivity index (χ0) is 19.2. The summed E-state index contributed by atoms with van der Waals surface area (Å²) in [6.45, 7) is 3.63. The molecule has 0 bridgehead atoms. The molecule has 0 spiro atoms. The van der Waals surface area contributed by atoms with E-state index in [1.807, 2.05) is 17.8 Å². The second-order valence-electron chi connectivity index (χ2n) is 6.94. The lowest BCUT2D eigenvalue weighted by atomic mass is 10.2. The SMILES string of the molecule is CC(=O)N1CCc2cc(S(=O)(=O)N3CCNCC3c3nccn3C)ccc21. The maximum Gasteiger partial charge on any atom is 0.243 e. The largest absolute Gasteiger partial charge is 0.337 e. The zero-order valence-corrected chi connectivity index (χ0v) is 16.2. The van der Waals surface area contributed by atoms with Crippen LogP contribution in [0.3, 0.4) is 0 Å². The normalized spacial score (nSPS) is 20.7. The molecule has 0 saturated carbocycles. The summed E-state index contributed by atoms with van der Waals surface area (Å²) in [5.41, 5.74) is 1.71. The highest BCUT2D eigenvalue weighted by Gasteiger charge is 2.37. The lowest BCUT2D eigenvalue weighted by molar-refractivity contribution is -0.116. The number of anilines is 1.